The van der Waals surface area contributed by atoms with Crippen molar-refractivity contribution >= 4 is 17.6 Å². The molecule has 1 atom stereocenters. The van der Waals surface area contributed by atoms with Crippen LogP contribution in [0.5, 0.6) is 0 Å². The lowest BCUT2D eigenvalue weighted by Gasteiger charge is -2.32. The normalized spacial score (nSPS) is 18.0. The lowest BCUT2D eigenvalue weighted by molar-refractivity contribution is -0.121. The maximum absolute atomic E-state index is 13.5. The van der Waals surface area contributed by atoms with Crippen molar-refractivity contribution in [2.45, 2.75) is 26.7 Å². The van der Waals surface area contributed by atoms with Gasteiger partial charge in [-0.3, -0.25) is 4.79 Å². The van der Waals surface area contributed by atoms with Gasteiger partial charge in [-0.15, -0.1) is 0 Å². The second kappa shape index (κ2) is 7.24. The molecular formula is C16H22FN3O2. The molecule has 2 rings (SSSR count). The molecule has 1 fully saturated rings. The summed E-state index contributed by atoms with van der Waals surface area (Å²) in [5.41, 5.74) is 0.987. The van der Waals surface area contributed by atoms with Crippen LogP contribution in [0.15, 0.2) is 18.2 Å². The average Bonchev–Trinajstić information content (AvgIpc) is 2.51. The number of piperidine rings is 1. The van der Waals surface area contributed by atoms with Crippen molar-refractivity contribution in [1.82, 2.24) is 10.2 Å². The molecule has 1 aliphatic rings. The minimum Gasteiger partial charge on any atom is -0.338 e. The molecule has 0 unspecified atom stereocenters. The average molecular weight is 307 g/mol. The van der Waals surface area contributed by atoms with Gasteiger partial charge in [0.1, 0.15) is 5.82 Å². The number of halogens is 1. The first-order valence-electron chi connectivity index (χ1n) is 7.61. The fraction of sp³-hybridized carbons (Fsp3) is 0.500. The molecule has 0 bridgehead atoms. The fourth-order valence-electron chi connectivity index (χ4n) is 2.55. The molecule has 5 nitrogen and oxygen atoms in total. The number of hydrogen-bond acceptors (Lipinski definition) is 2. The van der Waals surface area contributed by atoms with Crippen LogP contribution in [0.3, 0.4) is 0 Å². The van der Waals surface area contributed by atoms with E-state index in [2.05, 4.69) is 10.6 Å². The third kappa shape index (κ3) is 3.96. The van der Waals surface area contributed by atoms with E-state index in [4.69, 9.17) is 0 Å². The number of nitrogens with zero attached hydrogens (tertiary/aromatic N) is 1. The lowest BCUT2D eigenvalue weighted by atomic mass is 9.97. The zero-order valence-corrected chi connectivity index (χ0v) is 13.0. The molecule has 22 heavy (non-hydrogen) atoms. The van der Waals surface area contributed by atoms with E-state index in [-0.39, 0.29) is 23.7 Å². The van der Waals surface area contributed by atoms with Gasteiger partial charge in [-0.1, -0.05) is 6.07 Å². The molecule has 120 valence electrons. The Morgan fingerprint density at radius 3 is 2.86 bits per heavy atom. The monoisotopic (exact) mass is 307 g/mol. The maximum Gasteiger partial charge on any atom is 0.317 e. The number of likely N-dealkylation sites (tertiary alicyclic amines) is 1. The van der Waals surface area contributed by atoms with Gasteiger partial charge in [0.2, 0.25) is 5.91 Å². The molecule has 3 amide bonds. The molecule has 1 aromatic rings. The van der Waals surface area contributed by atoms with Crippen LogP contribution in [0.4, 0.5) is 14.9 Å². The number of aryl methyl sites for hydroxylation is 1. The van der Waals surface area contributed by atoms with Crippen molar-refractivity contribution in [1.29, 1.82) is 0 Å². The van der Waals surface area contributed by atoms with Gasteiger partial charge in [-0.2, -0.15) is 0 Å². The minimum atomic E-state index is -0.342. The number of anilines is 1. The molecule has 6 heteroatoms. The number of hydrogen-bond donors (Lipinski definition) is 2. The van der Waals surface area contributed by atoms with Crippen molar-refractivity contribution in [2.24, 2.45) is 5.92 Å². The van der Waals surface area contributed by atoms with Crippen LogP contribution >= 0.6 is 0 Å². The van der Waals surface area contributed by atoms with E-state index in [1.807, 2.05) is 6.92 Å². The number of nitrogens with one attached hydrogen (secondary N) is 2. The highest BCUT2D eigenvalue weighted by Gasteiger charge is 2.28. The number of benzene rings is 1. The quantitative estimate of drug-likeness (QED) is 0.901. The van der Waals surface area contributed by atoms with Gasteiger partial charge < -0.3 is 15.5 Å². The predicted molar refractivity (Wildman–Crippen MR) is 83.1 cm³/mol. The van der Waals surface area contributed by atoms with Crippen LogP contribution in [0.1, 0.15) is 25.3 Å². The standard InChI is InChI=1S/C16H22FN3O2/c1-3-18-16(22)20-8-4-5-12(10-20)15(21)19-13-7-6-11(2)14(17)9-13/h6-7,9,12H,3-5,8,10H2,1-2H3,(H,18,22)(H,19,21)/t12-/m0/s1. The van der Waals surface area contributed by atoms with Crippen molar-refractivity contribution in [3.8, 4) is 0 Å². The van der Waals surface area contributed by atoms with Crippen LogP contribution in [0.2, 0.25) is 0 Å². The molecule has 0 spiro atoms. The molecule has 1 saturated heterocycles. The highest BCUT2D eigenvalue weighted by atomic mass is 19.1. The van der Waals surface area contributed by atoms with Crippen molar-refractivity contribution in [2.75, 3.05) is 25.0 Å². The first-order valence-corrected chi connectivity index (χ1v) is 7.61. The third-order valence-corrected chi connectivity index (χ3v) is 3.85. The van der Waals surface area contributed by atoms with Gasteiger partial charge in [-0.25, -0.2) is 9.18 Å². The topological polar surface area (TPSA) is 61.4 Å². The van der Waals surface area contributed by atoms with Crippen molar-refractivity contribution in [3.05, 3.63) is 29.6 Å². The Labute approximate surface area is 129 Å². The highest BCUT2D eigenvalue weighted by molar-refractivity contribution is 5.93. The molecule has 2 N–H and O–H groups in total. The first kappa shape index (κ1) is 16.3. The van der Waals surface area contributed by atoms with E-state index in [0.29, 0.717) is 30.9 Å². The largest absolute Gasteiger partial charge is 0.338 e. The lowest BCUT2D eigenvalue weighted by Crippen LogP contribution is -2.47. The molecule has 0 saturated carbocycles. The van der Waals surface area contributed by atoms with Crippen LogP contribution < -0.4 is 10.6 Å². The van der Waals surface area contributed by atoms with Crippen molar-refractivity contribution < 1.29 is 14.0 Å². The van der Waals surface area contributed by atoms with Crippen LogP contribution in [0, 0.1) is 18.7 Å². The smallest absolute Gasteiger partial charge is 0.317 e. The Morgan fingerprint density at radius 1 is 1.41 bits per heavy atom. The summed E-state index contributed by atoms with van der Waals surface area (Å²) in [5, 5.41) is 5.48. The number of amides is 3. The predicted octanol–water partition coefficient (Wildman–Crippen LogP) is 2.51. The molecule has 1 aliphatic heterocycles. The van der Waals surface area contributed by atoms with Gasteiger partial charge >= 0.3 is 6.03 Å². The van der Waals surface area contributed by atoms with Crippen LogP contribution in [0.25, 0.3) is 0 Å². The van der Waals surface area contributed by atoms with Gasteiger partial charge in [0.05, 0.1) is 5.92 Å². The Hall–Kier alpha value is -2.11. The van der Waals surface area contributed by atoms with E-state index in [9.17, 15) is 14.0 Å². The van der Waals surface area contributed by atoms with Crippen LogP contribution in [-0.4, -0.2) is 36.5 Å². The summed E-state index contributed by atoms with van der Waals surface area (Å²) in [6.45, 7) is 5.15. The molecule has 1 aromatic carbocycles. The fourth-order valence-corrected chi connectivity index (χ4v) is 2.55. The zero-order valence-electron chi connectivity index (χ0n) is 13.0. The summed E-state index contributed by atoms with van der Waals surface area (Å²) in [7, 11) is 0. The van der Waals surface area contributed by atoms with Gasteiger partial charge in [0.25, 0.3) is 0 Å². The molecular weight excluding hydrogens is 285 g/mol. The molecule has 1 heterocycles. The first-order chi connectivity index (χ1) is 10.5. The maximum atomic E-state index is 13.5. The Balaban J connectivity index is 1.96. The zero-order chi connectivity index (χ0) is 16.1. The second-order valence-electron chi connectivity index (χ2n) is 5.57. The highest BCUT2D eigenvalue weighted by Crippen LogP contribution is 2.20. The summed E-state index contributed by atoms with van der Waals surface area (Å²) in [6, 6.07) is 4.49. The summed E-state index contributed by atoms with van der Waals surface area (Å²) in [4.78, 5) is 25.8. The number of carbonyl (C=O) groups excluding carboxylic acids is 2. The van der Waals surface area contributed by atoms with Gasteiger partial charge in [0, 0.05) is 25.3 Å². The third-order valence-electron chi connectivity index (χ3n) is 3.85. The molecule has 0 aliphatic carbocycles. The van der Waals surface area contributed by atoms with Gasteiger partial charge in [0.15, 0.2) is 0 Å². The van der Waals surface area contributed by atoms with Gasteiger partial charge in [-0.05, 0) is 44.4 Å². The summed E-state index contributed by atoms with van der Waals surface area (Å²) >= 11 is 0. The summed E-state index contributed by atoms with van der Waals surface area (Å²) in [6.07, 6.45) is 1.52. The Kier molecular flexibility index (Phi) is 5.35. The number of urea groups is 1. The Bertz CT molecular complexity index is 562. The van der Waals surface area contributed by atoms with E-state index in [0.717, 1.165) is 12.8 Å². The SMILES string of the molecule is CCNC(=O)N1CCC[C@H](C(=O)Nc2ccc(C)c(F)c2)C1. The molecule has 0 radical (unpaired) electrons. The number of carbonyl (C=O) groups is 2. The van der Waals surface area contributed by atoms with Crippen LogP contribution in [-0.2, 0) is 4.79 Å². The van der Waals surface area contributed by atoms with E-state index in [1.165, 1.54) is 6.07 Å². The van der Waals surface area contributed by atoms with Crippen molar-refractivity contribution in [3.63, 3.8) is 0 Å². The number of rotatable bonds is 3. The Morgan fingerprint density at radius 2 is 2.18 bits per heavy atom. The van der Waals surface area contributed by atoms with E-state index in [1.54, 1.807) is 24.0 Å². The second-order valence-corrected chi connectivity index (χ2v) is 5.57. The van der Waals surface area contributed by atoms with E-state index < -0.39 is 0 Å². The van der Waals surface area contributed by atoms with E-state index >= 15 is 0 Å². The molecule has 0 aromatic heterocycles. The minimum absolute atomic E-state index is 0.138. The summed E-state index contributed by atoms with van der Waals surface area (Å²) < 4.78 is 13.5. The summed E-state index contributed by atoms with van der Waals surface area (Å²) in [5.74, 6) is -0.775.